The van der Waals surface area contributed by atoms with Gasteiger partial charge in [-0.2, -0.15) is 5.10 Å². The van der Waals surface area contributed by atoms with Crippen LogP contribution < -0.4 is 5.32 Å². The lowest BCUT2D eigenvalue weighted by Gasteiger charge is -2.12. The van der Waals surface area contributed by atoms with Crippen LogP contribution in [0.3, 0.4) is 0 Å². The molecule has 0 aliphatic heterocycles. The first-order valence-corrected chi connectivity index (χ1v) is 5.95. The van der Waals surface area contributed by atoms with Crippen molar-refractivity contribution in [2.75, 3.05) is 6.54 Å². The second-order valence-electron chi connectivity index (χ2n) is 4.11. The fraction of sp³-hybridized carbons (Fsp3) is 0.417. The molecule has 0 bridgehead atoms. The van der Waals surface area contributed by atoms with Gasteiger partial charge in [0.05, 0.1) is 11.9 Å². The molecule has 1 atom stereocenters. The lowest BCUT2D eigenvalue weighted by atomic mass is 10.2. The van der Waals surface area contributed by atoms with Gasteiger partial charge >= 0.3 is 0 Å². The molecule has 2 N–H and O–H groups in total. The minimum Gasteiger partial charge on any atom is -0.309 e. The van der Waals surface area contributed by atoms with E-state index in [0.717, 1.165) is 30.9 Å². The monoisotopic (exact) mass is 249 g/mol. The lowest BCUT2D eigenvalue weighted by Crippen LogP contribution is -2.21. The van der Waals surface area contributed by atoms with Gasteiger partial charge in [-0.1, -0.05) is 0 Å². The third-order valence-electron chi connectivity index (χ3n) is 2.70. The highest BCUT2D eigenvalue weighted by Gasteiger charge is 2.06. The number of hydrogen-bond donors (Lipinski definition) is 2. The second-order valence-corrected chi connectivity index (χ2v) is 4.11. The molecule has 1 unspecified atom stereocenters. The van der Waals surface area contributed by atoms with E-state index in [0.29, 0.717) is 0 Å². The second kappa shape index (κ2) is 6.20. The summed E-state index contributed by atoms with van der Waals surface area (Å²) >= 11 is 0. The van der Waals surface area contributed by atoms with Gasteiger partial charge in [0.2, 0.25) is 0 Å². The zero-order valence-corrected chi connectivity index (χ0v) is 10.2. The molecule has 0 saturated heterocycles. The number of rotatable bonds is 6. The van der Waals surface area contributed by atoms with Crippen molar-refractivity contribution in [3.05, 3.63) is 42.0 Å². The van der Waals surface area contributed by atoms with Crippen LogP contribution in [0.15, 0.2) is 24.7 Å². The maximum Gasteiger partial charge on any atom is 0.141 e. The number of aromatic amines is 1. The molecule has 2 aromatic rings. The van der Waals surface area contributed by atoms with E-state index >= 15 is 0 Å². The fourth-order valence-corrected chi connectivity index (χ4v) is 1.67. The molecule has 0 spiro atoms. The van der Waals surface area contributed by atoms with Gasteiger partial charge in [0.15, 0.2) is 0 Å². The fourth-order valence-electron chi connectivity index (χ4n) is 1.67. The average Bonchev–Trinajstić information content (AvgIpc) is 2.88. The first-order chi connectivity index (χ1) is 8.75. The van der Waals surface area contributed by atoms with Crippen LogP contribution in [0.1, 0.15) is 30.9 Å². The molecular weight excluding hydrogens is 233 g/mol. The molecule has 0 fully saturated rings. The average molecular weight is 249 g/mol. The number of halogens is 1. The van der Waals surface area contributed by atoms with Crippen LogP contribution in [0.5, 0.6) is 0 Å². The maximum absolute atomic E-state index is 12.7. The maximum atomic E-state index is 12.7. The zero-order chi connectivity index (χ0) is 12.8. The van der Waals surface area contributed by atoms with E-state index in [1.165, 1.54) is 18.6 Å². The summed E-state index contributed by atoms with van der Waals surface area (Å²) in [6.45, 7) is 2.86. The number of nitrogens with one attached hydrogen (secondary N) is 2. The van der Waals surface area contributed by atoms with Crippen molar-refractivity contribution < 1.29 is 4.39 Å². The molecule has 0 aliphatic carbocycles. The largest absolute Gasteiger partial charge is 0.309 e. The van der Waals surface area contributed by atoms with Crippen molar-refractivity contribution in [3.8, 4) is 0 Å². The van der Waals surface area contributed by atoms with E-state index in [-0.39, 0.29) is 11.9 Å². The van der Waals surface area contributed by atoms with Gasteiger partial charge in [-0.3, -0.25) is 10.1 Å². The minimum atomic E-state index is -0.309. The lowest BCUT2D eigenvalue weighted by molar-refractivity contribution is 0.539. The molecule has 0 aliphatic rings. The van der Waals surface area contributed by atoms with E-state index in [9.17, 15) is 4.39 Å². The van der Waals surface area contributed by atoms with Crippen molar-refractivity contribution in [3.63, 3.8) is 0 Å². The summed E-state index contributed by atoms with van der Waals surface area (Å²) in [7, 11) is 0. The Morgan fingerprint density at radius 3 is 2.94 bits per heavy atom. The molecule has 0 radical (unpaired) electrons. The third-order valence-corrected chi connectivity index (χ3v) is 2.70. The topological polar surface area (TPSA) is 66.5 Å². The smallest absolute Gasteiger partial charge is 0.141 e. The van der Waals surface area contributed by atoms with E-state index in [1.807, 2.05) is 6.92 Å². The van der Waals surface area contributed by atoms with E-state index < -0.39 is 0 Å². The predicted octanol–water partition coefficient (Wildman–Crippen LogP) is 1.62. The van der Waals surface area contributed by atoms with Crippen molar-refractivity contribution in [1.82, 2.24) is 25.5 Å². The van der Waals surface area contributed by atoms with Gasteiger partial charge in [0, 0.05) is 12.5 Å². The van der Waals surface area contributed by atoms with Crippen LogP contribution >= 0.6 is 0 Å². The van der Waals surface area contributed by atoms with Crippen LogP contribution in [-0.4, -0.2) is 26.7 Å². The molecule has 6 heteroatoms. The van der Waals surface area contributed by atoms with Crippen LogP contribution in [0.4, 0.5) is 4.39 Å². The number of hydrogen-bond acceptors (Lipinski definition) is 4. The minimum absolute atomic E-state index is 0.111. The van der Waals surface area contributed by atoms with Crippen LogP contribution in [0, 0.1) is 5.82 Å². The highest BCUT2D eigenvalue weighted by atomic mass is 19.1. The molecule has 0 amide bonds. The molecule has 2 heterocycles. The molecule has 0 aromatic carbocycles. The Labute approximate surface area is 105 Å². The summed E-state index contributed by atoms with van der Waals surface area (Å²) < 4.78 is 12.7. The third kappa shape index (κ3) is 3.59. The van der Waals surface area contributed by atoms with E-state index in [2.05, 4.69) is 25.5 Å². The number of pyridine rings is 1. The van der Waals surface area contributed by atoms with Crippen LogP contribution in [-0.2, 0) is 6.42 Å². The predicted molar refractivity (Wildman–Crippen MR) is 65.3 cm³/mol. The van der Waals surface area contributed by atoms with Gasteiger partial charge < -0.3 is 5.32 Å². The Morgan fingerprint density at radius 1 is 1.39 bits per heavy atom. The zero-order valence-electron chi connectivity index (χ0n) is 10.2. The van der Waals surface area contributed by atoms with Crippen molar-refractivity contribution >= 4 is 0 Å². The Morgan fingerprint density at radius 2 is 2.28 bits per heavy atom. The van der Waals surface area contributed by atoms with Crippen molar-refractivity contribution in [1.29, 1.82) is 0 Å². The van der Waals surface area contributed by atoms with Crippen molar-refractivity contribution in [2.45, 2.75) is 25.8 Å². The Bertz CT molecular complexity index is 454. The number of nitrogens with zero attached hydrogens (tertiary/aromatic N) is 3. The highest BCUT2D eigenvalue weighted by Crippen LogP contribution is 2.09. The molecular formula is C12H16FN5. The summed E-state index contributed by atoms with van der Waals surface area (Å²) in [6, 6.07) is 3.23. The standard InChI is InChI=1S/C12H16FN5/c1-9(11-5-4-10(13)7-15-11)14-6-2-3-12-16-8-17-18-12/h4-5,7-9,14H,2-3,6H2,1H3,(H,16,17,18). The summed E-state index contributed by atoms with van der Waals surface area (Å²) in [5.41, 5.74) is 0.844. The molecule has 5 nitrogen and oxygen atoms in total. The van der Waals surface area contributed by atoms with Gasteiger partial charge in [0.1, 0.15) is 18.0 Å². The molecule has 0 saturated carbocycles. The summed E-state index contributed by atoms with van der Waals surface area (Å²) in [5.74, 6) is 0.584. The molecule has 96 valence electrons. The normalized spacial score (nSPS) is 12.6. The van der Waals surface area contributed by atoms with Gasteiger partial charge in [-0.15, -0.1) is 0 Å². The SMILES string of the molecule is CC(NCCCc1ncn[nH]1)c1ccc(F)cn1. The van der Waals surface area contributed by atoms with Gasteiger partial charge in [-0.25, -0.2) is 9.37 Å². The summed E-state index contributed by atoms with van der Waals surface area (Å²) in [6.07, 6.45) is 4.56. The first-order valence-electron chi connectivity index (χ1n) is 5.95. The molecule has 2 aromatic heterocycles. The Balaban J connectivity index is 1.71. The van der Waals surface area contributed by atoms with Crippen molar-refractivity contribution in [2.24, 2.45) is 0 Å². The number of aromatic nitrogens is 4. The van der Waals surface area contributed by atoms with E-state index in [1.54, 1.807) is 6.07 Å². The highest BCUT2D eigenvalue weighted by molar-refractivity contribution is 5.08. The van der Waals surface area contributed by atoms with Gasteiger partial charge in [0.25, 0.3) is 0 Å². The summed E-state index contributed by atoms with van der Waals surface area (Å²) in [5, 5.41) is 9.94. The molecule has 2 rings (SSSR count). The number of aryl methyl sites for hydroxylation is 1. The quantitative estimate of drug-likeness (QED) is 0.763. The molecule has 18 heavy (non-hydrogen) atoms. The number of H-pyrrole nitrogens is 1. The summed E-state index contributed by atoms with van der Waals surface area (Å²) in [4.78, 5) is 8.09. The van der Waals surface area contributed by atoms with Crippen LogP contribution in [0.25, 0.3) is 0 Å². The van der Waals surface area contributed by atoms with E-state index in [4.69, 9.17) is 0 Å². The van der Waals surface area contributed by atoms with Gasteiger partial charge in [-0.05, 0) is 32.0 Å². The Hall–Kier alpha value is -1.82. The first kappa shape index (κ1) is 12.6. The Kier molecular flexibility index (Phi) is 4.35. The van der Waals surface area contributed by atoms with Crippen LogP contribution in [0.2, 0.25) is 0 Å².